The van der Waals surface area contributed by atoms with Crippen molar-refractivity contribution < 1.29 is 4.74 Å². The van der Waals surface area contributed by atoms with Crippen LogP contribution < -0.4 is 4.74 Å². The van der Waals surface area contributed by atoms with E-state index in [1.54, 1.807) is 0 Å². The highest BCUT2D eigenvalue weighted by Crippen LogP contribution is 2.40. The summed E-state index contributed by atoms with van der Waals surface area (Å²) in [6, 6.07) is 8.46. The maximum Gasteiger partial charge on any atom is 0.119 e. The second-order valence-electron chi connectivity index (χ2n) is 5.14. The Morgan fingerprint density at radius 2 is 2.00 bits per heavy atom. The molecule has 2 rings (SSSR count). The summed E-state index contributed by atoms with van der Waals surface area (Å²) >= 11 is 3.98. The molecule has 0 unspecified atom stereocenters. The van der Waals surface area contributed by atoms with E-state index in [2.05, 4.69) is 44.1 Å². The van der Waals surface area contributed by atoms with E-state index in [4.69, 9.17) is 4.74 Å². The molecule has 1 fully saturated rings. The molecule has 1 aliphatic rings. The van der Waals surface area contributed by atoms with Gasteiger partial charge >= 0.3 is 0 Å². The third-order valence-corrected chi connectivity index (χ3v) is 5.96. The predicted molar refractivity (Wildman–Crippen MR) is 92.6 cm³/mol. The van der Waals surface area contributed by atoms with Crippen molar-refractivity contribution in [3.05, 3.63) is 34.1 Å². The van der Waals surface area contributed by atoms with E-state index in [0.717, 1.165) is 18.9 Å². The van der Waals surface area contributed by atoms with Crippen molar-refractivity contribution in [1.82, 2.24) is 4.90 Å². The fourth-order valence-corrected chi connectivity index (χ4v) is 4.56. The van der Waals surface area contributed by atoms with Crippen LogP contribution >= 0.6 is 23.5 Å². The predicted octanol–water partition coefficient (Wildman–Crippen LogP) is 4.19. The third kappa shape index (κ3) is 4.76. The molecule has 1 aromatic rings. The van der Waals surface area contributed by atoms with Gasteiger partial charge in [0.05, 0.1) is 0 Å². The van der Waals surface area contributed by atoms with Gasteiger partial charge in [-0.05, 0) is 62.2 Å². The first-order valence-electron chi connectivity index (χ1n) is 7.01. The number of hydrogen-bond donors (Lipinski definition) is 0. The van der Waals surface area contributed by atoms with Crippen LogP contribution in [0, 0.1) is 0 Å². The molecular formula is C16H23NOS2. The summed E-state index contributed by atoms with van der Waals surface area (Å²) in [4.78, 5) is 2.13. The Balaban J connectivity index is 2.05. The van der Waals surface area contributed by atoms with E-state index >= 15 is 0 Å². The average Bonchev–Trinajstić information content (AvgIpc) is 2.47. The Kier molecular flexibility index (Phi) is 6.33. The van der Waals surface area contributed by atoms with Gasteiger partial charge in [-0.15, -0.1) is 23.5 Å². The van der Waals surface area contributed by atoms with Gasteiger partial charge in [0.2, 0.25) is 0 Å². The largest absolute Gasteiger partial charge is 0.492 e. The van der Waals surface area contributed by atoms with E-state index in [0.29, 0.717) is 0 Å². The van der Waals surface area contributed by atoms with Crippen LogP contribution in [0.25, 0.3) is 5.57 Å². The van der Waals surface area contributed by atoms with Crippen LogP contribution in [0.4, 0.5) is 0 Å². The zero-order valence-corrected chi connectivity index (χ0v) is 14.1. The lowest BCUT2D eigenvalue weighted by molar-refractivity contribution is 0.261. The SMILES string of the molecule is CC(=C1SCCCS1)c1cccc(OCCN(C)C)c1. The van der Waals surface area contributed by atoms with Gasteiger partial charge in [0.1, 0.15) is 12.4 Å². The van der Waals surface area contributed by atoms with E-state index in [-0.39, 0.29) is 0 Å². The first kappa shape index (κ1) is 15.8. The maximum atomic E-state index is 5.82. The highest BCUT2D eigenvalue weighted by atomic mass is 32.2. The van der Waals surface area contributed by atoms with Crippen molar-refractivity contribution in [1.29, 1.82) is 0 Å². The fraction of sp³-hybridized carbons (Fsp3) is 0.500. The molecule has 4 heteroatoms. The van der Waals surface area contributed by atoms with Gasteiger partial charge in [0.15, 0.2) is 0 Å². The van der Waals surface area contributed by atoms with Gasteiger partial charge in [0.25, 0.3) is 0 Å². The summed E-state index contributed by atoms with van der Waals surface area (Å²) in [5.41, 5.74) is 2.67. The molecule has 0 amide bonds. The van der Waals surface area contributed by atoms with Crippen LogP contribution in [-0.4, -0.2) is 43.7 Å². The molecular weight excluding hydrogens is 286 g/mol. The van der Waals surface area contributed by atoms with E-state index < -0.39 is 0 Å². The third-order valence-electron chi connectivity index (χ3n) is 3.14. The molecule has 0 aliphatic carbocycles. The van der Waals surface area contributed by atoms with Crippen molar-refractivity contribution in [3.63, 3.8) is 0 Å². The van der Waals surface area contributed by atoms with Crippen molar-refractivity contribution >= 4 is 29.1 Å². The van der Waals surface area contributed by atoms with Gasteiger partial charge in [-0.3, -0.25) is 0 Å². The van der Waals surface area contributed by atoms with Gasteiger partial charge < -0.3 is 9.64 Å². The highest BCUT2D eigenvalue weighted by molar-refractivity contribution is 8.23. The number of allylic oxidation sites excluding steroid dienone is 1. The highest BCUT2D eigenvalue weighted by Gasteiger charge is 2.11. The van der Waals surface area contributed by atoms with Crippen LogP contribution in [-0.2, 0) is 0 Å². The first-order chi connectivity index (χ1) is 9.66. The number of nitrogens with zero attached hydrogens (tertiary/aromatic N) is 1. The average molecular weight is 310 g/mol. The zero-order valence-electron chi connectivity index (χ0n) is 12.5. The normalized spacial score (nSPS) is 15.5. The van der Waals surface area contributed by atoms with E-state index in [9.17, 15) is 0 Å². The van der Waals surface area contributed by atoms with Crippen molar-refractivity contribution in [2.24, 2.45) is 0 Å². The lowest BCUT2D eigenvalue weighted by atomic mass is 10.1. The lowest BCUT2D eigenvalue weighted by Crippen LogP contribution is -2.19. The first-order valence-corrected chi connectivity index (χ1v) is 8.98. The summed E-state index contributed by atoms with van der Waals surface area (Å²) in [6.45, 7) is 3.89. The molecule has 1 aromatic carbocycles. The minimum absolute atomic E-state index is 0.732. The minimum Gasteiger partial charge on any atom is -0.492 e. The van der Waals surface area contributed by atoms with Crippen molar-refractivity contribution in [2.45, 2.75) is 13.3 Å². The Morgan fingerprint density at radius 1 is 1.25 bits per heavy atom. The number of thioether (sulfide) groups is 2. The fourth-order valence-electron chi connectivity index (χ4n) is 1.93. The Morgan fingerprint density at radius 3 is 2.70 bits per heavy atom. The molecule has 0 atom stereocenters. The van der Waals surface area contributed by atoms with Gasteiger partial charge in [-0.2, -0.15) is 0 Å². The van der Waals surface area contributed by atoms with Crippen molar-refractivity contribution in [2.75, 3.05) is 38.8 Å². The molecule has 0 radical (unpaired) electrons. The Labute approximate surface area is 131 Å². The molecule has 0 saturated carbocycles. The summed E-state index contributed by atoms with van der Waals surface area (Å²) in [7, 11) is 4.12. The second kappa shape index (κ2) is 8.01. The van der Waals surface area contributed by atoms with Gasteiger partial charge in [-0.1, -0.05) is 12.1 Å². The van der Waals surface area contributed by atoms with E-state index in [1.807, 2.05) is 29.6 Å². The molecule has 0 N–H and O–H groups in total. The molecule has 0 bridgehead atoms. The number of rotatable bonds is 5. The number of likely N-dealkylation sites (N-methyl/N-ethyl adjacent to an activating group) is 1. The quantitative estimate of drug-likeness (QED) is 0.808. The monoisotopic (exact) mass is 309 g/mol. The summed E-state index contributed by atoms with van der Waals surface area (Å²) in [5, 5.41) is 0. The molecule has 2 nitrogen and oxygen atoms in total. The van der Waals surface area contributed by atoms with Gasteiger partial charge in [0, 0.05) is 10.8 Å². The molecule has 1 saturated heterocycles. The molecule has 0 spiro atoms. The van der Waals surface area contributed by atoms with Crippen molar-refractivity contribution in [3.8, 4) is 5.75 Å². The maximum absolute atomic E-state index is 5.82. The van der Waals surface area contributed by atoms with E-state index in [1.165, 1.54) is 33.3 Å². The molecule has 20 heavy (non-hydrogen) atoms. The smallest absolute Gasteiger partial charge is 0.119 e. The minimum atomic E-state index is 0.732. The summed E-state index contributed by atoms with van der Waals surface area (Å²) in [5.74, 6) is 3.47. The molecule has 110 valence electrons. The number of hydrogen-bond acceptors (Lipinski definition) is 4. The van der Waals surface area contributed by atoms with Crippen LogP contribution in [0.1, 0.15) is 18.9 Å². The van der Waals surface area contributed by atoms with Crippen LogP contribution in [0.3, 0.4) is 0 Å². The lowest BCUT2D eigenvalue weighted by Gasteiger charge is -2.17. The Hall–Kier alpha value is -0.580. The zero-order chi connectivity index (χ0) is 14.4. The van der Waals surface area contributed by atoms with Crippen LogP contribution in [0.15, 0.2) is 28.5 Å². The molecule has 0 aromatic heterocycles. The summed E-state index contributed by atoms with van der Waals surface area (Å²) < 4.78 is 7.29. The van der Waals surface area contributed by atoms with Crippen LogP contribution in [0.5, 0.6) is 5.75 Å². The van der Waals surface area contributed by atoms with Crippen LogP contribution in [0.2, 0.25) is 0 Å². The molecule has 1 aliphatic heterocycles. The van der Waals surface area contributed by atoms with Gasteiger partial charge in [-0.25, -0.2) is 0 Å². The topological polar surface area (TPSA) is 12.5 Å². The summed E-state index contributed by atoms with van der Waals surface area (Å²) in [6.07, 6.45) is 1.32. The Bertz CT molecular complexity index is 463. The number of benzene rings is 1. The molecule has 1 heterocycles. The number of ether oxygens (including phenoxy) is 1. The second-order valence-corrected chi connectivity index (χ2v) is 7.61. The standard InChI is InChI=1S/C16H23NOS2/c1-13(16-19-10-5-11-20-16)14-6-4-7-15(12-14)18-9-8-17(2)3/h4,6-7,12H,5,8-11H2,1-3H3.